The molecule has 2 N–H and O–H groups in total. The van der Waals surface area contributed by atoms with E-state index in [1.54, 1.807) is 18.3 Å². The molecule has 1 saturated heterocycles. The van der Waals surface area contributed by atoms with Gasteiger partial charge >= 0.3 is 0 Å². The van der Waals surface area contributed by atoms with Crippen LogP contribution in [0.25, 0.3) is 0 Å². The summed E-state index contributed by atoms with van der Waals surface area (Å²) in [6.07, 6.45) is 5.24. The van der Waals surface area contributed by atoms with Crippen molar-refractivity contribution >= 4 is 21.4 Å². The highest BCUT2D eigenvalue weighted by atomic mass is 32.2. The third-order valence-corrected chi connectivity index (χ3v) is 4.79. The van der Waals surface area contributed by atoms with Crippen molar-refractivity contribution in [2.75, 3.05) is 23.4 Å². The lowest BCUT2D eigenvalue weighted by Gasteiger charge is -2.11. The molecule has 0 spiro atoms. The molecule has 0 radical (unpaired) electrons. The number of nitrogens with one attached hydrogen (secondary N) is 2. The van der Waals surface area contributed by atoms with E-state index in [0.29, 0.717) is 18.5 Å². The molecule has 2 rings (SSSR count). The molecule has 0 saturated carbocycles. The van der Waals surface area contributed by atoms with Crippen molar-refractivity contribution in [3.05, 3.63) is 36.7 Å². The third kappa shape index (κ3) is 3.80. The van der Waals surface area contributed by atoms with Crippen LogP contribution in [0.1, 0.15) is 16.8 Å². The van der Waals surface area contributed by atoms with Gasteiger partial charge in [-0.3, -0.25) is 9.78 Å². The van der Waals surface area contributed by atoms with Gasteiger partial charge in [-0.25, -0.2) is 8.42 Å². The van der Waals surface area contributed by atoms with E-state index in [1.807, 2.05) is 0 Å². The first-order valence-electron chi connectivity index (χ1n) is 6.31. The molecule has 1 aliphatic heterocycles. The molecule has 7 heteroatoms. The molecule has 1 amide bonds. The summed E-state index contributed by atoms with van der Waals surface area (Å²) in [5.41, 5.74) is 1.12. The lowest BCUT2D eigenvalue weighted by atomic mass is 10.2. The van der Waals surface area contributed by atoms with Crippen molar-refractivity contribution in [3.8, 4) is 0 Å². The summed E-state index contributed by atoms with van der Waals surface area (Å²) in [5.74, 6) is -0.153. The Balaban J connectivity index is 2.00. The summed E-state index contributed by atoms with van der Waals surface area (Å²) in [4.78, 5) is 16.0. The molecule has 20 heavy (non-hydrogen) atoms. The normalized spacial score (nSPS) is 20.3. The maximum absolute atomic E-state index is 12.0. The van der Waals surface area contributed by atoms with Gasteiger partial charge in [-0.1, -0.05) is 6.08 Å². The zero-order valence-corrected chi connectivity index (χ0v) is 11.8. The highest BCUT2D eigenvalue weighted by molar-refractivity contribution is 7.91. The Morgan fingerprint density at radius 1 is 1.50 bits per heavy atom. The maximum atomic E-state index is 12.0. The monoisotopic (exact) mass is 295 g/mol. The Kier molecular flexibility index (Phi) is 4.39. The first kappa shape index (κ1) is 14.5. The average Bonchev–Trinajstić information content (AvgIpc) is 2.76. The lowest BCUT2D eigenvalue weighted by molar-refractivity contribution is 0.0941. The van der Waals surface area contributed by atoms with E-state index in [9.17, 15) is 13.2 Å². The van der Waals surface area contributed by atoms with Crippen LogP contribution in [0.3, 0.4) is 0 Å². The van der Waals surface area contributed by atoms with Crippen LogP contribution >= 0.6 is 0 Å². The summed E-state index contributed by atoms with van der Waals surface area (Å²) in [6.45, 7) is 4.17. The summed E-state index contributed by atoms with van der Waals surface area (Å²) < 4.78 is 22.7. The quantitative estimate of drug-likeness (QED) is 0.777. The van der Waals surface area contributed by atoms with Gasteiger partial charge in [0.25, 0.3) is 5.91 Å². The van der Waals surface area contributed by atoms with E-state index in [2.05, 4.69) is 22.2 Å². The first-order valence-corrected chi connectivity index (χ1v) is 8.13. The molecule has 1 aromatic rings. The van der Waals surface area contributed by atoms with Crippen molar-refractivity contribution in [2.45, 2.75) is 12.5 Å². The molecule has 0 bridgehead atoms. The van der Waals surface area contributed by atoms with Gasteiger partial charge in [0, 0.05) is 25.0 Å². The van der Waals surface area contributed by atoms with Crippen molar-refractivity contribution in [1.29, 1.82) is 0 Å². The van der Waals surface area contributed by atoms with Crippen molar-refractivity contribution in [3.63, 3.8) is 0 Å². The second kappa shape index (κ2) is 6.04. The molecule has 0 aliphatic carbocycles. The Hall–Kier alpha value is -1.89. The second-order valence-electron chi connectivity index (χ2n) is 4.71. The molecule has 1 aromatic heterocycles. The van der Waals surface area contributed by atoms with Gasteiger partial charge in [0.1, 0.15) is 0 Å². The standard InChI is InChI=1S/C13H17N3O3S/c1-2-4-15-12-6-10(7-14-8-12)13(17)16-11-3-5-20(18,19)9-11/h2,6-8,11,15H,1,3-5,9H2,(H,16,17). The van der Waals surface area contributed by atoms with Gasteiger partial charge < -0.3 is 10.6 Å². The van der Waals surface area contributed by atoms with Crippen LogP contribution in [0.15, 0.2) is 31.1 Å². The summed E-state index contributed by atoms with van der Waals surface area (Å²) in [5, 5.41) is 5.77. The van der Waals surface area contributed by atoms with Crippen LogP contribution in [-0.4, -0.2) is 43.4 Å². The van der Waals surface area contributed by atoms with Gasteiger partial charge in [-0.15, -0.1) is 6.58 Å². The van der Waals surface area contributed by atoms with E-state index in [4.69, 9.17) is 0 Å². The number of anilines is 1. The highest BCUT2D eigenvalue weighted by Crippen LogP contribution is 2.13. The fraction of sp³-hybridized carbons (Fsp3) is 0.385. The summed E-state index contributed by atoms with van der Waals surface area (Å²) >= 11 is 0. The van der Waals surface area contributed by atoms with E-state index in [0.717, 1.165) is 5.69 Å². The highest BCUT2D eigenvalue weighted by Gasteiger charge is 2.29. The Morgan fingerprint density at radius 2 is 2.30 bits per heavy atom. The number of carbonyl (C=O) groups excluding carboxylic acids is 1. The average molecular weight is 295 g/mol. The Labute approximate surface area is 118 Å². The van der Waals surface area contributed by atoms with Crippen LogP contribution in [0.2, 0.25) is 0 Å². The zero-order valence-electron chi connectivity index (χ0n) is 11.0. The van der Waals surface area contributed by atoms with Gasteiger partial charge in [0.15, 0.2) is 9.84 Å². The predicted octanol–water partition coefficient (Wildman–Crippen LogP) is 0.596. The van der Waals surface area contributed by atoms with Gasteiger partial charge in [0.05, 0.1) is 22.8 Å². The number of rotatable bonds is 5. The molecule has 108 valence electrons. The van der Waals surface area contributed by atoms with Crippen LogP contribution in [-0.2, 0) is 9.84 Å². The molecule has 1 atom stereocenters. The molecular formula is C13H17N3O3S. The van der Waals surface area contributed by atoms with Crippen LogP contribution in [0, 0.1) is 0 Å². The maximum Gasteiger partial charge on any atom is 0.253 e. The predicted molar refractivity (Wildman–Crippen MR) is 77.4 cm³/mol. The molecule has 1 unspecified atom stereocenters. The van der Waals surface area contributed by atoms with Gasteiger partial charge in [0.2, 0.25) is 0 Å². The fourth-order valence-electron chi connectivity index (χ4n) is 2.03. The SMILES string of the molecule is C=CCNc1cncc(C(=O)NC2CCS(=O)(=O)C2)c1. The number of aromatic nitrogens is 1. The zero-order chi connectivity index (χ0) is 14.6. The fourth-order valence-corrected chi connectivity index (χ4v) is 3.70. The number of nitrogens with zero attached hydrogens (tertiary/aromatic N) is 1. The van der Waals surface area contributed by atoms with E-state index in [-0.39, 0.29) is 23.5 Å². The molecule has 0 aromatic carbocycles. The van der Waals surface area contributed by atoms with Crippen LogP contribution in [0.4, 0.5) is 5.69 Å². The number of hydrogen-bond donors (Lipinski definition) is 2. The minimum absolute atomic E-state index is 0.0145. The number of sulfone groups is 1. The van der Waals surface area contributed by atoms with Crippen molar-refractivity contribution in [2.24, 2.45) is 0 Å². The first-order chi connectivity index (χ1) is 9.50. The third-order valence-electron chi connectivity index (χ3n) is 3.02. The second-order valence-corrected chi connectivity index (χ2v) is 6.93. The molecule has 1 aliphatic rings. The Morgan fingerprint density at radius 3 is 2.95 bits per heavy atom. The van der Waals surface area contributed by atoms with E-state index in [1.165, 1.54) is 6.20 Å². The number of pyridine rings is 1. The largest absolute Gasteiger partial charge is 0.380 e. The summed E-state index contributed by atoms with van der Waals surface area (Å²) in [7, 11) is -3.00. The van der Waals surface area contributed by atoms with E-state index >= 15 is 0 Å². The molecular weight excluding hydrogens is 278 g/mol. The molecule has 6 nitrogen and oxygen atoms in total. The topological polar surface area (TPSA) is 88.2 Å². The van der Waals surface area contributed by atoms with Crippen molar-refractivity contribution < 1.29 is 13.2 Å². The number of amides is 1. The van der Waals surface area contributed by atoms with Gasteiger partial charge in [-0.05, 0) is 12.5 Å². The van der Waals surface area contributed by atoms with Crippen molar-refractivity contribution in [1.82, 2.24) is 10.3 Å². The Bertz CT molecular complexity index is 613. The summed E-state index contributed by atoms with van der Waals surface area (Å²) in [6, 6.07) is 1.37. The van der Waals surface area contributed by atoms with Gasteiger partial charge in [-0.2, -0.15) is 0 Å². The molecule has 2 heterocycles. The lowest BCUT2D eigenvalue weighted by Crippen LogP contribution is -2.35. The molecule has 1 fully saturated rings. The minimum Gasteiger partial charge on any atom is -0.380 e. The van der Waals surface area contributed by atoms with Crippen LogP contribution in [0.5, 0.6) is 0 Å². The number of hydrogen-bond acceptors (Lipinski definition) is 5. The number of carbonyl (C=O) groups is 1. The smallest absolute Gasteiger partial charge is 0.253 e. The van der Waals surface area contributed by atoms with E-state index < -0.39 is 9.84 Å². The van der Waals surface area contributed by atoms with Crippen LogP contribution < -0.4 is 10.6 Å². The minimum atomic E-state index is -3.00.